The molecule has 7 heteroatoms. The Labute approximate surface area is 211 Å². The number of carbonyl (C=O) groups excluding carboxylic acids is 2. The van der Waals surface area contributed by atoms with Crippen molar-refractivity contribution >= 4 is 22.6 Å². The fraction of sp³-hybridized carbons (Fsp3) is 0.379. The van der Waals surface area contributed by atoms with Crippen LogP contribution >= 0.6 is 0 Å². The van der Waals surface area contributed by atoms with Crippen LogP contribution in [0.25, 0.3) is 10.8 Å². The molecule has 2 heterocycles. The molecule has 7 nitrogen and oxygen atoms in total. The highest BCUT2D eigenvalue weighted by molar-refractivity contribution is 6.25. The number of ether oxygens (including phenoxy) is 1. The van der Waals surface area contributed by atoms with E-state index >= 15 is 0 Å². The fourth-order valence-corrected chi connectivity index (χ4v) is 5.07. The summed E-state index contributed by atoms with van der Waals surface area (Å²) in [6.07, 6.45) is -0.565. The van der Waals surface area contributed by atoms with Gasteiger partial charge in [-0.1, -0.05) is 30.3 Å². The molecule has 2 aliphatic rings. The van der Waals surface area contributed by atoms with Gasteiger partial charge in [-0.3, -0.25) is 24.3 Å². The average Bonchev–Trinajstić information content (AvgIpc) is 2.88. The van der Waals surface area contributed by atoms with E-state index in [0.29, 0.717) is 30.8 Å². The van der Waals surface area contributed by atoms with E-state index in [1.807, 2.05) is 42.5 Å². The molecule has 1 atom stereocenters. The Hall–Kier alpha value is -3.26. The normalized spacial score (nSPS) is 17.6. The molecule has 0 spiro atoms. The number of aliphatic hydroxyl groups excluding tert-OH is 1. The van der Waals surface area contributed by atoms with E-state index < -0.39 is 6.10 Å². The van der Waals surface area contributed by atoms with Crippen LogP contribution in [-0.2, 0) is 0 Å². The molecule has 188 valence electrons. The predicted molar refractivity (Wildman–Crippen MR) is 140 cm³/mol. The van der Waals surface area contributed by atoms with Crippen LogP contribution in [0.15, 0.2) is 54.6 Å². The van der Waals surface area contributed by atoms with Gasteiger partial charge in [0.05, 0.1) is 0 Å². The van der Waals surface area contributed by atoms with Gasteiger partial charge < -0.3 is 9.84 Å². The second-order valence-corrected chi connectivity index (χ2v) is 9.82. The first-order chi connectivity index (χ1) is 17.4. The first-order valence-electron chi connectivity index (χ1n) is 12.6. The number of β-amino-alcohol motifs (C(OH)–C–C–N with tert-alkyl or cyclic N) is 1. The summed E-state index contributed by atoms with van der Waals surface area (Å²) in [7, 11) is 0. The second kappa shape index (κ2) is 10.4. The molecule has 1 saturated heterocycles. The molecular weight excluding hydrogens is 454 g/mol. The van der Waals surface area contributed by atoms with Crippen molar-refractivity contribution in [2.45, 2.75) is 20.0 Å². The number of hydrogen-bond acceptors (Lipinski definition) is 6. The van der Waals surface area contributed by atoms with E-state index in [4.69, 9.17) is 4.74 Å². The molecule has 0 saturated carbocycles. The Balaban J connectivity index is 1.09. The Morgan fingerprint density at radius 2 is 1.47 bits per heavy atom. The monoisotopic (exact) mass is 487 g/mol. The molecular formula is C29H33N3O4. The molecule has 36 heavy (non-hydrogen) atoms. The summed E-state index contributed by atoms with van der Waals surface area (Å²) in [6, 6.07) is 17.2. The number of hydrogen-bond donors (Lipinski definition) is 1. The van der Waals surface area contributed by atoms with Crippen molar-refractivity contribution < 1.29 is 19.4 Å². The van der Waals surface area contributed by atoms with Crippen LogP contribution in [0.5, 0.6) is 5.75 Å². The quantitative estimate of drug-likeness (QED) is 0.493. The molecule has 0 aliphatic carbocycles. The summed E-state index contributed by atoms with van der Waals surface area (Å²) < 4.78 is 5.78. The van der Waals surface area contributed by atoms with Crippen LogP contribution < -0.4 is 4.74 Å². The lowest BCUT2D eigenvalue weighted by atomic mass is 9.94. The van der Waals surface area contributed by atoms with Gasteiger partial charge in [0.15, 0.2) is 0 Å². The van der Waals surface area contributed by atoms with E-state index in [9.17, 15) is 14.7 Å². The van der Waals surface area contributed by atoms with E-state index in [2.05, 4.69) is 23.6 Å². The van der Waals surface area contributed by atoms with Gasteiger partial charge >= 0.3 is 0 Å². The molecule has 0 radical (unpaired) electrons. The summed E-state index contributed by atoms with van der Waals surface area (Å²) in [4.78, 5) is 32.1. The maximum atomic E-state index is 13.1. The second-order valence-electron chi connectivity index (χ2n) is 9.82. The fourth-order valence-electron chi connectivity index (χ4n) is 5.07. The van der Waals surface area contributed by atoms with Crippen molar-refractivity contribution in [1.29, 1.82) is 0 Å². The molecule has 0 bridgehead atoms. The van der Waals surface area contributed by atoms with Gasteiger partial charge in [0.25, 0.3) is 11.8 Å². The summed E-state index contributed by atoms with van der Waals surface area (Å²) in [6.45, 7) is 9.24. The zero-order chi connectivity index (χ0) is 25.2. The minimum Gasteiger partial charge on any atom is -0.491 e. The van der Waals surface area contributed by atoms with Gasteiger partial charge in [-0.05, 0) is 54.6 Å². The van der Waals surface area contributed by atoms with E-state index in [0.717, 1.165) is 42.7 Å². The molecule has 2 aliphatic heterocycles. The lowest BCUT2D eigenvalue weighted by Gasteiger charge is -2.36. The summed E-state index contributed by atoms with van der Waals surface area (Å²) >= 11 is 0. The number of aliphatic hydroxyl groups is 1. The SMILES string of the molecule is Cc1ccc(OC[C@@H](O)CN2CCN(CCN3C(=O)c4cccc5cccc(c45)C3=O)CC2)cc1C. The molecule has 1 fully saturated rings. The van der Waals surface area contributed by atoms with Gasteiger partial charge in [-0.15, -0.1) is 0 Å². The third-order valence-electron chi connectivity index (χ3n) is 7.35. The van der Waals surface area contributed by atoms with Crippen LogP contribution in [0, 0.1) is 13.8 Å². The number of rotatable bonds is 8. The Morgan fingerprint density at radius 3 is 2.11 bits per heavy atom. The highest BCUT2D eigenvalue weighted by Gasteiger charge is 2.33. The zero-order valence-electron chi connectivity index (χ0n) is 20.9. The summed E-state index contributed by atoms with van der Waals surface area (Å²) in [5, 5.41) is 12.1. The van der Waals surface area contributed by atoms with Crippen molar-refractivity contribution in [2.75, 3.05) is 52.4 Å². The molecule has 0 aromatic heterocycles. The van der Waals surface area contributed by atoms with Crippen molar-refractivity contribution in [2.24, 2.45) is 0 Å². The minimum absolute atomic E-state index is 0.213. The number of carbonyl (C=O) groups is 2. The third-order valence-corrected chi connectivity index (χ3v) is 7.35. The first-order valence-corrected chi connectivity index (χ1v) is 12.6. The van der Waals surface area contributed by atoms with Crippen molar-refractivity contribution in [3.8, 4) is 5.75 Å². The Bertz CT molecular complexity index is 1230. The number of piperazine rings is 1. The van der Waals surface area contributed by atoms with Gasteiger partial charge in [-0.25, -0.2) is 0 Å². The van der Waals surface area contributed by atoms with Gasteiger partial charge in [0.1, 0.15) is 18.5 Å². The summed E-state index contributed by atoms with van der Waals surface area (Å²) in [5.41, 5.74) is 3.60. The molecule has 3 aromatic carbocycles. The topological polar surface area (TPSA) is 73.3 Å². The molecule has 0 unspecified atom stereocenters. The lowest BCUT2D eigenvalue weighted by Crippen LogP contribution is -2.51. The van der Waals surface area contributed by atoms with E-state index in [-0.39, 0.29) is 18.4 Å². The first kappa shape index (κ1) is 24.4. The lowest BCUT2D eigenvalue weighted by molar-refractivity contribution is 0.0416. The van der Waals surface area contributed by atoms with Gasteiger partial charge in [-0.2, -0.15) is 0 Å². The van der Waals surface area contributed by atoms with Crippen LogP contribution in [0.4, 0.5) is 0 Å². The number of nitrogens with zero attached hydrogens (tertiary/aromatic N) is 3. The molecule has 1 N–H and O–H groups in total. The molecule has 5 rings (SSSR count). The van der Waals surface area contributed by atoms with Crippen molar-refractivity contribution in [1.82, 2.24) is 14.7 Å². The third kappa shape index (κ3) is 5.00. The highest BCUT2D eigenvalue weighted by atomic mass is 16.5. The minimum atomic E-state index is -0.565. The maximum absolute atomic E-state index is 13.1. The van der Waals surface area contributed by atoms with E-state index in [1.165, 1.54) is 16.0 Å². The zero-order valence-corrected chi connectivity index (χ0v) is 20.9. The van der Waals surface area contributed by atoms with Gasteiger partial charge in [0.2, 0.25) is 0 Å². The highest BCUT2D eigenvalue weighted by Crippen LogP contribution is 2.29. The maximum Gasteiger partial charge on any atom is 0.261 e. The predicted octanol–water partition coefficient (Wildman–Crippen LogP) is 3.11. The number of aryl methyl sites for hydroxylation is 2. The van der Waals surface area contributed by atoms with Crippen LogP contribution in [0.2, 0.25) is 0 Å². The summed E-state index contributed by atoms with van der Waals surface area (Å²) in [5.74, 6) is 0.354. The van der Waals surface area contributed by atoms with E-state index in [1.54, 1.807) is 12.1 Å². The Kier molecular flexibility index (Phi) is 7.05. The average molecular weight is 488 g/mol. The van der Waals surface area contributed by atoms with Crippen molar-refractivity contribution in [3.63, 3.8) is 0 Å². The van der Waals surface area contributed by atoms with Gasteiger partial charge in [0, 0.05) is 62.3 Å². The molecule has 3 aromatic rings. The number of imide groups is 1. The van der Waals surface area contributed by atoms with Crippen LogP contribution in [0.3, 0.4) is 0 Å². The standard InChI is InChI=1S/C29H33N3O4/c1-20-9-10-24(17-21(20)2)36-19-23(33)18-31-13-11-30(12-14-31)15-16-32-28(34)25-7-3-5-22-6-4-8-26(27(22)25)29(32)35/h3-10,17,23,33H,11-16,18-19H2,1-2H3/t23-/m0/s1. The Morgan fingerprint density at radius 1 is 0.833 bits per heavy atom. The smallest absolute Gasteiger partial charge is 0.261 e. The largest absolute Gasteiger partial charge is 0.491 e. The van der Waals surface area contributed by atoms with Crippen LogP contribution in [0.1, 0.15) is 31.8 Å². The molecule has 2 amide bonds. The van der Waals surface area contributed by atoms with Crippen molar-refractivity contribution in [3.05, 3.63) is 76.9 Å². The number of amides is 2. The number of benzene rings is 3. The van der Waals surface area contributed by atoms with Crippen LogP contribution in [-0.4, -0.2) is 90.1 Å².